The number of aromatic nitrogens is 2. The van der Waals surface area contributed by atoms with Gasteiger partial charge in [-0.15, -0.1) is 0 Å². The van der Waals surface area contributed by atoms with Gasteiger partial charge in [0.2, 0.25) is 0 Å². The van der Waals surface area contributed by atoms with Crippen molar-refractivity contribution >= 4 is 32.9 Å². The number of oxazole rings is 1. The molecule has 5 nitrogen and oxygen atoms in total. The van der Waals surface area contributed by atoms with Crippen LogP contribution in [0.4, 0.5) is 0 Å². The lowest BCUT2D eigenvalue weighted by molar-refractivity contribution is 0.414. The van der Waals surface area contributed by atoms with Crippen LogP contribution in [0.5, 0.6) is 5.75 Å². The molecule has 3 aromatic carbocycles. The zero-order chi connectivity index (χ0) is 20.7. The highest BCUT2D eigenvalue weighted by Gasteiger charge is 2.18. The first-order chi connectivity index (χ1) is 14.7. The molecule has 0 saturated carbocycles. The SMILES string of the molecule is CCCCn1c2ccccc2c2c3oc(=O)n(Cc4ccc(OC)cc4)c3ccc21. The number of rotatable bonds is 6. The van der Waals surface area contributed by atoms with E-state index in [-0.39, 0.29) is 5.76 Å². The molecule has 0 aliphatic carbocycles. The number of hydrogen-bond acceptors (Lipinski definition) is 3. The maximum atomic E-state index is 12.8. The van der Waals surface area contributed by atoms with Crippen LogP contribution in [0.3, 0.4) is 0 Å². The van der Waals surface area contributed by atoms with E-state index < -0.39 is 0 Å². The molecule has 0 bridgehead atoms. The van der Waals surface area contributed by atoms with Crippen molar-refractivity contribution in [2.75, 3.05) is 7.11 Å². The summed E-state index contributed by atoms with van der Waals surface area (Å²) >= 11 is 0. The van der Waals surface area contributed by atoms with Gasteiger partial charge in [-0.3, -0.25) is 4.57 Å². The number of hydrogen-bond donors (Lipinski definition) is 0. The summed E-state index contributed by atoms with van der Waals surface area (Å²) in [6.07, 6.45) is 2.23. The Kier molecular flexibility index (Phi) is 4.58. The summed E-state index contributed by atoms with van der Waals surface area (Å²) in [6.45, 7) is 3.60. The van der Waals surface area contributed by atoms with E-state index in [4.69, 9.17) is 9.15 Å². The summed E-state index contributed by atoms with van der Waals surface area (Å²) in [5, 5.41) is 2.14. The van der Waals surface area contributed by atoms with Crippen LogP contribution in [-0.2, 0) is 13.1 Å². The third-order valence-electron chi connectivity index (χ3n) is 5.81. The second-order valence-electron chi connectivity index (χ2n) is 7.63. The summed E-state index contributed by atoms with van der Waals surface area (Å²) in [4.78, 5) is 12.8. The number of ether oxygens (including phenoxy) is 1. The van der Waals surface area contributed by atoms with Gasteiger partial charge in [-0.05, 0) is 42.3 Å². The Morgan fingerprint density at radius 3 is 2.43 bits per heavy atom. The largest absolute Gasteiger partial charge is 0.497 e. The van der Waals surface area contributed by atoms with Gasteiger partial charge in [0.05, 0.1) is 30.1 Å². The van der Waals surface area contributed by atoms with Crippen molar-refractivity contribution in [2.45, 2.75) is 32.9 Å². The molecular formula is C25H24N2O3. The molecule has 152 valence electrons. The van der Waals surface area contributed by atoms with E-state index in [0.29, 0.717) is 12.1 Å². The van der Waals surface area contributed by atoms with Crippen molar-refractivity contribution in [1.82, 2.24) is 9.13 Å². The van der Waals surface area contributed by atoms with Crippen LogP contribution in [-0.4, -0.2) is 16.2 Å². The maximum absolute atomic E-state index is 12.8. The van der Waals surface area contributed by atoms with Crippen LogP contribution in [0.1, 0.15) is 25.3 Å². The van der Waals surface area contributed by atoms with Gasteiger partial charge in [-0.1, -0.05) is 43.7 Å². The molecule has 5 aromatic rings. The third kappa shape index (κ3) is 2.89. The Morgan fingerprint density at radius 2 is 1.67 bits per heavy atom. The zero-order valence-corrected chi connectivity index (χ0v) is 17.2. The van der Waals surface area contributed by atoms with Gasteiger partial charge in [0.15, 0.2) is 5.58 Å². The minimum atomic E-state index is -0.335. The summed E-state index contributed by atoms with van der Waals surface area (Å²) in [5.74, 6) is 0.462. The monoisotopic (exact) mass is 400 g/mol. The average molecular weight is 400 g/mol. The number of fused-ring (bicyclic) bond motifs is 5. The third-order valence-corrected chi connectivity index (χ3v) is 5.81. The average Bonchev–Trinajstić information content (AvgIpc) is 3.27. The molecule has 0 aliphatic heterocycles. The lowest BCUT2D eigenvalue weighted by atomic mass is 10.1. The van der Waals surface area contributed by atoms with E-state index in [9.17, 15) is 4.79 Å². The first kappa shape index (κ1) is 18.6. The smallest absolute Gasteiger partial charge is 0.420 e. The van der Waals surface area contributed by atoms with Crippen LogP contribution in [0.25, 0.3) is 32.9 Å². The maximum Gasteiger partial charge on any atom is 0.420 e. The number of nitrogens with zero attached hydrogens (tertiary/aromatic N) is 2. The number of methoxy groups -OCH3 is 1. The highest BCUT2D eigenvalue weighted by molar-refractivity contribution is 6.18. The molecule has 5 heteroatoms. The van der Waals surface area contributed by atoms with Crippen LogP contribution >= 0.6 is 0 Å². The van der Waals surface area contributed by atoms with E-state index in [0.717, 1.165) is 52.5 Å². The van der Waals surface area contributed by atoms with Crippen LogP contribution in [0.2, 0.25) is 0 Å². The minimum Gasteiger partial charge on any atom is -0.497 e. The molecule has 30 heavy (non-hydrogen) atoms. The lowest BCUT2D eigenvalue weighted by Crippen LogP contribution is -2.14. The Balaban J connectivity index is 1.71. The fourth-order valence-electron chi connectivity index (χ4n) is 4.27. The molecule has 0 fully saturated rings. The van der Waals surface area contributed by atoms with Gasteiger partial charge in [0.1, 0.15) is 5.75 Å². The quantitative estimate of drug-likeness (QED) is 0.375. The molecule has 0 radical (unpaired) electrons. The normalized spacial score (nSPS) is 11.7. The van der Waals surface area contributed by atoms with Crippen LogP contribution < -0.4 is 10.5 Å². The molecule has 2 heterocycles. The summed E-state index contributed by atoms with van der Waals surface area (Å²) < 4.78 is 15.1. The van der Waals surface area contributed by atoms with Gasteiger partial charge in [0.25, 0.3) is 0 Å². The van der Waals surface area contributed by atoms with Gasteiger partial charge in [0, 0.05) is 17.4 Å². The topological polar surface area (TPSA) is 49.3 Å². The highest BCUT2D eigenvalue weighted by atomic mass is 16.5. The Morgan fingerprint density at radius 1 is 0.900 bits per heavy atom. The van der Waals surface area contributed by atoms with E-state index in [2.05, 4.69) is 35.8 Å². The Hall–Kier alpha value is -3.47. The molecule has 0 aliphatic rings. The standard InChI is InChI=1S/C25H24N2O3/c1-3-4-15-26-20-8-6-5-7-19(20)23-21(26)13-14-22-24(23)30-25(28)27(22)16-17-9-11-18(29-2)12-10-17/h5-14H,3-4,15-16H2,1-2H3. The first-order valence-corrected chi connectivity index (χ1v) is 10.4. The van der Waals surface area contributed by atoms with Gasteiger partial charge in [-0.25, -0.2) is 4.79 Å². The molecular weight excluding hydrogens is 376 g/mol. The molecule has 2 aromatic heterocycles. The molecule has 0 amide bonds. The number of benzene rings is 3. The number of unbranched alkanes of at least 4 members (excludes halogenated alkanes) is 1. The van der Waals surface area contributed by atoms with Gasteiger partial charge < -0.3 is 13.7 Å². The molecule has 0 N–H and O–H groups in total. The van der Waals surface area contributed by atoms with Gasteiger partial charge >= 0.3 is 5.76 Å². The van der Waals surface area contributed by atoms with Crippen molar-refractivity contribution in [3.05, 3.63) is 76.8 Å². The number of aryl methyl sites for hydroxylation is 1. The first-order valence-electron chi connectivity index (χ1n) is 10.4. The van der Waals surface area contributed by atoms with E-state index in [1.807, 2.05) is 36.4 Å². The second-order valence-corrected chi connectivity index (χ2v) is 7.63. The predicted molar refractivity (Wildman–Crippen MR) is 120 cm³/mol. The summed E-state index contributed by atoms with van der Waals surface area (Å²) in [7, 11) is 1.64. The fourth-order valence-corrected chi connectivity index (χ4v) is 4.27. The van der Waals surface area contributed by atoms with Crippen molar-refractivity contribution in [1.29, 1.82) is 0 Å². The molecule has 0 spiro atoms. The van der Waals surface area contributed by atoms with Crippen molar-refractivity contribution in [3.8, 4) is 5.75 Å². The summed E-state index contributed by atoms with van der Waals surface area (Å²) in [5.41, 5.74) is 4.80. The Bertz CT molecular complexity index is 1400. The van der Waals surface area contributed by atoms with Crippen LogP contribution in [0.15, 0.2) is 69.9 Å². The fraction of sp³-hybridized carbons (Fsp3) is 0.240. The molecule has 0 atom stereocenters. The second kappa shape index (κ2) is 7.41. The summed E-state index contributed by atoms with van der Waals surface area (Å²) in [6, 6.07) is 20.2. The van der Waals surface area contributed by atoms with E-state index in [1.165, 1.54) is 5.52 Å². The molecule has 0 unspecified atom stereocenters. The zero-order valence-electron chi connectivity index (χ0n) is 17.2. The Labute approximate surface area is 174 Å². The van der Waals surface area contributed by atoms with Crippen molar-refractivity contribution in [2.24, 2.45) is 0 Å². The van der Waals surface area contributed by atoms with E-state index >= 15 is 0 Å². The van der Waals surface area contributed by atoms with Crippen LogP contribution in [0, 0.1) is 0 Å². The predicted octanol–water partition coefficient (Wildman–Crippen LogP) is 5.56. The van der Waals surface area contributed by atoms with Crippen molar-refractivity contribution < 1.29 is 9.15 Å². The highest BCUT2D eigenvalue weighted by Crippen LogP contribution is 2.35. The minimum absolute atomic E-state index is 0.335. The number of para-hydroxylation sites is 1. The van der Waals surface area contributed by atoms with E-state index in [1.54, 1.807) is 11.7 Å². The molecule has 0 saturated heterocycles. The van der Waals surface area contributed by atoms with Gasteiger partial charge in [-0.2, -0.15) is 0 Å². The molecule has 5 rings (SSSR count). The van der Waals surface area contributed by atoms with Crippen molar-refractivity contribution in [3.63, 3.8) is 0 Å². The lowest BCUT2D eigenvalue weighted by Gasteiger charge is -2.07.